The van der Waals surface area contributed by atoms with E-state index < -0.39 is 23.9 Å². The van der Waals surface area contributed by atoms with Gasteiger partial charge in [-0.3, -0.25) is 14.8 Å². The number of benzene rings is 1. The first-order chi connectivity index (χ1) is 13.8. The van der Waals surface area contributed by atoms with Gasteiger partial charge in [-0.15, -0.1) is 0 Å². The number of fused-ring (bicyclic) bond motifs is 1. The molecule has 29 heavy (non-hydrogen) atoms. The van der Waals surface area contributed by atoms with Crippen molar-refractivity contribution in [2.45, 2.75) is 19.1 Å². The number of carbonyl (C=O) groups excluding carboxylic acids is 1. The van der Waals surface area contributed by atoms with E-state index in [1.807, 2.05) is 12.1 Å². The summed E-state index contributed by atoms with van der Waals surface area (Å²) >= 11 is 0. The lowest BCUT2D eigenvalue weighted by Gasteiger charge is -2.21. The van der Waals surface area contributed by atoms with E-state index in [1.54, 1.807) is 25.3 Å². The third kappa shape index (κ3) is 3.12. The van der Waals surface area contributed by atoms with Crippen LogP contribution in [0.2, 0.25) is 0 Å². The number of urea groups is 1. The van der Waals surface area contributed by atoms with Crippen LogP contribution in [-0.4, -0.2) is 28.6 Å². The molecular formula is C20H14F3N5O. The molecule has 3 heterocycles. The number of halogens is 3. The highest BCUT2D eigenvalue weighted by atomic mass is 19.4. The number of rotatable bonds is 2. The van der Waals surface area contributed by atoms with Crippen LogP contribution in [0.1, 0.15) is 11.3 Å². The van der Waals surface area contributed by atoms with Crippen LogP contribution in [0.25, 0.3) is 10.8 Å². The van der Waals surface area contributed by atoms with Crippen molar-refractivity contribution in [1.82, 2.24) is 9.97 Å². The lowest BCUT2D eigenvalue weighted by molar-refractivity contribution is -0.141. The molecule has 1 aromatic carbocycles. The van der Waals surface area contributed by atoms with Crippen molar-refractivity contribution in [1.29, 1.82) is 5.26 Å². The Hall–Kier alpha value is -3.67. The number of carbonyl (C=O) groups is 1. The topological polar surface area (TPSA) is 73.1 Å². The number of alkyl halides is 3. The number of nitrogens with zero attached hydrogens (tertiary/aromatic N) is 5. The molecule has 1 atom stereocenters. The molecule has 0 aliphatic carbocycles. The van der Waals surface area contributed by atoms with Gasteiger partial charge in [0.05, 0.1) is 24.5 Å². The van der Waals surface area contributed by atoms with Crippen LogP contribution in [0.5, 0.6) is 0 Å². The minimum Gasteiger partial charge on any atom is -0.275 e. The standard InChI is InChI=1S/C20H14F3N5O/c1-12-6-7-17(20(21,22)23)26-18(12)27-11-14(8-24)28(19(27)29)16-10-25-9-13-4-2-3-5-15(13)16/h2-7,9-10,14H,11H2,1H3/t14-/m0/s1. The molecule has 1 fully saturated rings. The van der Waals surface area contributed by atoms with Gasteiger partial charge in [0.25, 0.3) is 0 Å². The minimum atomic E-state index is -4.64. The predicted molar refractivity (Wildman–Crippen MR) is 100 cm³/mol. The minimum absolute atomic E-state index is 0.103. The summed E-state index contributed by atoms with van der Waals surface area (Å²) in [5.74, 6) is -0.110. The smallest absolute Gasteiger partial charge is 0.275 e. The molecule has 1 saturated heterocycles. The Labute approximate surface area is 163 Å². The molecule has 3 aromatic rings. The Morgan fingerprint density at radius 3 is 2.66 bits per heavy atom. The maximum Gasteiger partial charge on any atom is 0.433 e. The Morgan fingerprint density at radius 1 is 1.17 bits per heavy atom. The maximum absolute atomic E-state index is 13.2. The summed E-state index contributed by atoms with van der Waals surface area (Å²) in [6, 6.07) is 9.91. The summed E-state index contributed by atoms with van der Waals surface area (Å²) < 4.78 is 39.3. The average molecular weight is 397 g/mol. The van der Waals surface area contributed by atoms with E-state index in [2.05, 4.69) is 16.0 Å². The van der Waals surface area contributed by atoms with Gasteiger partial charge in [0.1, 0.15) is 17.6 Å². The van der Waals surface area contributed by atoms with Crippen molar-refractivity contribution in [3.63, 3.8) is 0 Å². The van der Waals surface area contributed by atoms with Crippen LogP contribution >= 0.6 is 0 Å². The second kappa shape index (κ2) is 6.74. The van der Waals surface area contributed by atoms with Crippen molar-refractivity contribution in [2.75, 3.05) is 16.3 Å². The normalized spacial score (nSPS) is 17.1. The van der Waals surface area contributed by atoms with Crippen LogP contribution < -0.4 is 9.80 Å². The zero-order chi connectivity index (χ0) is 20.8. The number of hydrogen-bond acceptors (Lipinski definition) is 4. The lowest BCUT2D eigenvalue weighted by Crippen LogP contribution is -2.35. The van der Waals surface area contributed by atoms with Crippen LogP contribution in [0.4, 0.5) is 29.5 Å². The predicted octanol–water partition coefficient (Wildman–Crippen LogP) is 4.30. The van der Waals surface area contributed by atoms with Gasteiger partial charge >= 0.3 is 12.2 Å². The first-order valence-corrected chi connectivity index (χ1v) is 8.69. The molecule has 6 nitrogen and oxygen atoms in total. The van der Waals surface area contributed by atoms with Crippen LogP contribution in [-0.2, 0) is 6.18 Å². The Balaban J connectivity index is 1.81. The van der Waals surface area contributed by atoms with E-state index in [1.165, 1.54) is 17.2 Å². The monoisotopic (exact) mass is 397 g/mol. The van der Waals surface area contributed by atoms with Gasteiger partial charge < -0.3 is 0 Å². The third-order valence-electron chi connectivity index (χ3n) is 4.78. The molecule has 0 unspecified atom stereocenters. The number of aromatic nitrogens is 2. The SMILES string of the molecule is Cc1ccc(C(F)(F)F)nc1N1C[C@H](C#N)N(c2cncc3ccccc23)C1=O. The zero-order valence-corrected chi connectivity index (χ0v) is 15.2. The lowest BCUT2D eigenvalue weighted by atomic mass is 10.1. The first kappa shape index (κ1) is 18.7. The van der Waals surface area contributed by atoms with Crippen molar-refractivity contribution in [3.05, 3.63) is 60.0 Å². The number of amides is 2. The molecule has 0 radical (unpaired) electrons. The highest BCUT2D eigenvalue weighted by Gasteiger charge is 2.42. The summed E-state index contributed by atoms with van der Waals surface area (Å²) in [5, 5.41) is 11.1. The van der Waals surface area contributed by atoms with E-state index >= 15 is 0 Å². The Bertz CT molecular complexity index is 1150. The third-order valence-corrected chi connectivity index (χ3v) is 4.78. The van der Waals surface area contributed by atoms with Crippen molar-refractivity contribution in [2.24, 2.45) is 0 Å². The van der Waals surface area contributed by atoms with Gasteiger partial charge in [0, 0.05) is 17.0 Å². The Morgan fingerprint density at radius 2 is 1.93 bits per heavy atom. The van der Waals surface area contributed by atoms with Crippen molar-refractivity contribution in [3.8, 4) is 6.07 Å². The largest absolute Gasteiger partial charge is 0.433 e. The number of aryl methyl sites for hydroxylation is 1. The number of hydrogen-bond donors (Lipinski definition) is 0. The molecule has 2 amide bonds. The summed E-state index contributed by atoms with van der Waals surface area (Å²) in [6.07, 6.45) is -1.53. The van der Waals surface area contributed by atoms with Gasteiger partial charge in [-0.2, -0.15) is 18.4 Å². The van der Waals surface area contributed by atoms with Crippen molar-refractivity contribution >= 4 is 28.3 Å². The first-order valence-electron chi connectivity index (χ1n) is 8.69. The molecule has 0 bridgehead atoms. The van der Waals surface area contributed by atoms with Gasteiger partial charge in [-0.25, -0.2) is 9.78 Å². The molecule has 2 aromatic heterocycles. The fourth-order valence-electron chi connectivity index (χ4n) is 3.38. The van der Waals surface area contributed by atoms with Gasteiger partial charge in [0.2, 0.25) is 0 Å². The van der Waals surface area contributed by atoms with E-state index in [9.17, 15) is 23.2 Å². The Kier molecular flexibility index (Phi) is 4.34. The number of anilines is 2. The summed E-state index contributed by atoms with van der Waals surface area (Å²) in [7, 11) is 0. The molecule has 0 saturated carbocycles. The highest BCUT2D eigenvalue weighted by Crippen LogP contribution is 2.35. The van der Waals surface area contributed by atoms with Gasteiger partial charge in [0.15, 0.2) is 0 Å². The molecule has 1 aliphatic rings. The summed E-state index contributed by atoms with van der Waals surface area (Å²) in [6.45, 7) is 1.47. The molecule has 1 aliphatic heterocycles. The van der Waals surface area contributed by atoms with E-state index in [4.69, 9.17) is 0 Å². The van der Waals surface area contributed by atoms with Crippen LogP contribution in [0, 0.1) is 18.3 Å². The van der Waals surface area contributed by atoms with E-state index in [0.717, 1.165) is 16.4 Å². The molecular weight excluding hydrogens is 383 g/mol. The molecule has 9 heteroatoms. The molecule has 146 valence electrons. The quantitative estimate of drug-likeness (QED) is 0.646. The fraction of sp³-hybridized carbons (Fsp3) is 0.200. The highest BCUT2D eigenvalue weighted by molar-refractivity contribution is 6.11. The van der Waals surface area contributed by atoms with Gasteiger partial charge in [-0.05, 0) is 18.6 Å². The van der Waals surface area contributed by atoms with Crippen molar-refractivity contribution < 1.29 is 18.0 Å². The fourth-order valence-corrected chi connectivity index (χ4v) is 3.38. The second-order valence-corrected chi connectivity index (χ2v) is 6.62. The zero-order valence-electron chi connectivity index (χ0n) is 15.2. The summed E-state index contributed by atoms with van der Waals surface area (Å²) in [5.41, 5.74) is -0.266. The van der Waals surface area contributed by atoms with E-state index in [0.29, 0.717) is 16.6 Å². The number of nitriles is 1. The average Bonchev–Trinajstić information content (AvgIpc) is 3.03. The molecule has 0 spiro atoms. The second-order valence-electron chi connectivity index (χ2n) is 6.62. The molecule has 4 rings (SSSR count). The van der Waals surface area contributed by atoms with Crippen LogP contribution in [0.3, 0.4) is 0 Å². The maximum atomic E-state index is 13.2. The molecule has 0 N–H and O–H groups in total. The van der Waals surface area contributed by atoms with E-state index in [-0.39, 0.29) is 12.4 Å². The van der Waals surface area contributed by atoms with Crippen LogP contribution in [0.15, 0.2) is 48.8 Å². The summed E-state index contributed by atoms with van der Waals surface area (Å²) in [4.78, 5) is 23.4. The number of pyridine rings is 2. The van der Waals surface area contributed by atoms with Gasteiger partial charge in [-0.1, -0.05) is 30.3 Å².